The zero-order valence-electron chi connectivity index (χ0n) is 15.3. The van der Waals surface area contributed by atoms with Gasteiger partial charge in [-0.25, -0.2) is 0 Å². The van der Waals surface area contributed by atoms with Crippen LogP contribution in [-0.4, -0.2) is 25.2 Å². The Hall–Kier alpha value is -1.55. The van der Waals surface area contributed by atoms with E-state index in [2.05, 4.69) is 19.2 Å². The summed E-state index contributed by atoms with van der Waals surface area (Å²) in [5.41, 5.74) is 1.63. The Morgan fingerprint density at radius 1 is 1.25 bits per heavy atom. The van der Waals surface area contributed by atoms with Crippen molar-refractivity contribution in [3.05, 3.63) is 29.3 Å². The zero-order chi connectivity index (χ0) is 17.4. The van der Waals surface area contributed by atoms with Crippen LogP contribution in [0.15, 0.2) is 18.2 Å². The average Bonchev–Trinajstić information content (AvgIpc) is 2.57. The second kappa shape index (κ2) is 9.67. The highest BCUT2D eigenvalue weighted by Gasteiger charge is 2.17. The van der Waals surface area contributed by atoms with E-state index in [4.69, 9.17) is 9.47 Å². The van der Waals surface area contributed by atoms with Crippen molar-refractivity contribution >= 4 is 5.91 Å². The molecule has 0 bridgehead atoms. The quantitative estimate of drug-likeness (QED) is 0.770. The van der Waals surface area contributed by atoms with Crippen LogP contribution >= 0.6 is 0 Å². The van der Waals surface area contributed by atoms with Crippen LogP contribution in [0.1, 0.15) is 68.8 Å². The molecule has 1 amide bonds. The maximum Gasteiger partial charge on any atom is 0.251 e. The van der Waals surface area contributed by atoms with E-state index in [0.29, 0.717) is 37.3 Å². The van der Waals surface area contributed by atoms with Gasteiger partial charge in [0, 0.05) is 23.8 Å². The molecule has 1 aliphatic rings. The lowest BCUT2D eigenvalue weighted by Crippen LogP contribution is -2.36. The van der Waals surface area contributed by atoms with Gasteiger partial charge in [-0.1, -0.05) is 33.1 Å². The van der Waals surface area contributed by atoms with Crippen LogP contribution in [0.5, 0.6) is 5.75 Å². The lowest BCUT2D eigenvalue weighted by molar-refractivity contribution is 0.0919. The summed E-state index contributed by atoms with van der Waals surface area (Å²) in [6.45, 7) is 7.98. The lowest BCUT2D eigenvalue weighted by Gasteiger charge is -2.23. The molecular formula is C20H31NO3. The molecule has 1 aromatic rings. The highest BCUT2D eigenvalue weighted by atomic mass is 16.5. The number of nitrogens with one attached hydrogen (secondary N) is 1. The molecular weight excluding hydrogens is 302 g/mol. The third-order valence-corrected chi connectivity index (χ3v) is 4.27. The number of rotatable bonds is 8. The number of hydrogen-bond donors (Lipinski definition) is 1. The van der Waals surface area contributed by atoms with Gasteiger partial charge in [-0.05, 0) is 43.9 Å². The molecule has 0 radical (unpaired) electrons. The summed E-state index contributed by atoms with van der Waals surface area (Å²) < 4.78 is 11.4. The molecule has 0 unspecified atom stereocenters. The second-order valence-corrected chi connectivity index (χ2v) is 6.97. The normalized spacial score (nSPS) is 15.5. The molecule has 4 heteroatoms. The summed E-state index contributed by atoms with van der Waals surface area (Å²) in [4.78, 5) is 12.5. The highest BCUT2D eigenvalue weighted by Crippen LogP contribution is 2.23. The van der Waals surface area contributed by atoms with Crippen molar-refractivity contribution in [3.8, 4) is 5.75 Å². The minimum Gasteiger partial charge on any atom is -0.494 e. The minimum absolute atomic E-state index is 0.00931. The molecule has 1 aliphatic carbocycles. The number of carbonyl (C=O) groups is 1. The van der Waals surface area contributed by atoms with Gasteiger partial charge < -0.3 is 14.8 Å². The molecule has 1 N–H and O–H groups in total. The van der Waals surface area contributed by atoms with Crippen LogP contribution in [0, 0.1) is 5.92 Å². The molecule has 0 aromatic heterocycles. The van der Waals surface area contributed by atoms with E-state index < -0.39 is 0 Å². The first kappa shape index (κ1) is 18.8. The average molecular weight is 333 g/mol. The first-order chi connectivity index (χ1) is 11.6. The van der Waals surface area contributed by atoms with Gasteiger partial charge in [-0.3, -0.25) is 4.79 Å². The van der Waals surface area contributed by atoms with Gasteiger partial charge in [0.25, 0.3) is 5.91 Å². The van der Waals surface area contributed by atoms with Gasteiger partial charge in [-0.2, -0.15) is 0 Å². The van der Waals surface area contributed by atoms with Crippen LogP contribution in [0.3, 0.4) is 0 Å². The fraction of sp³-hybridized carbons (Fsp3) is 0.650. The number of amides is 1. The Bertz CT molecular complexity index is 522. The summed E-state index contributed by atoms with van der Waals surface area (Å²) in [6.07, 6.45) is 5.89. The maximum absolute atomic E-state index is 12.5. The summed E-state index contributed by atoms with van der Waals surface area (Å²) >= 11 is 0. The van der Waals surface area contributed by atoms with E-state index in [9.17, 15) is 4.79 Å². The van der Waals surface area contributed by atoms with Crippen LogP contribution < -0.4 is 10.1 Å². The van der Waals surface area contributed by atoms with Crippen molar-refractivity contribution in [1.82, 2.24) is 5.32 Å². The standard InChI is InChI=1S/C20H31NO3/c1-4-24-19-11-10-16(12-17(19)14-23-13-15(2)3)20(22)21-18-8-6-5-7-9-18/h10-12,15,18H,4-9,13-14H2,1-3H3,(H,21,22). The molecule has 0 saturated heterocycles. The van der Waals surface area contributed by atoms with Crippen LogP contribution in [0.2, 0.25) is 0 Å². The Morgan fingerprint density at radius 2 is 2.00 bits per heavy atom. The van der Waals surface area contributed by atoms with Gasteiger partial charge in [0.2, 0.25) is 0 Å². The van der Waals surface area contributed by atoms with Crippen molar-refractivity contribution in [3.63, 3.8) is 0 Å². The number of hydrogen-bond acceptors (Lipinski definition) is 3. The van der Waals surface area contributed by atoms with Crippen LogP contribution in [0.4, 0.5) is 0 Å². The van der Waals surface area contributed by atoms with E-state index >= 15 is 0 Å². The maximum atomic E-state index is 12.5. The van der Waals surface area contributed by atoms with Gasteiger partial charge in [0.1, 0.15) is 5.75 Å². The predicted molar refractivity (Wildman–Crippen MR) is 96.4 cm³/mol. The molecule has 1 fully saturated rings. The molecule has 134 valence electrons. The molecule has 0 spiro atoms. The molecule has 0 heterocycles. The highest BCUT2D eigenvalue weighted by molar-refractivity contribution is 5.94. The first-order valence-electron chi connectivity index (χ1n) is 9.24. The molecule has 1 saturated carbocycles. The first-order valence-corrected chi connectivity index (χ1v) is 9.24. The smallest absolute Gasteiger partial charge is 0.251 e. The van der Waals surface area contributed by atoms with Crippen molar-refractivity contribution in [2.24, 2.45) is 5.92 Å². The fourth-order valence-electron chi connectivity index (χ4n) is 3.05. The molecule has 24 heavy (non-hydrogen) atoms. The Morgan fingerprint density at radius 3 is 2.67 bits per heavy atom. The van der Waals surface area contributed by atoms with E-state index in [-0.39, 0.29) is 5.91 Å². The van der Waals surface area contributed by atoms with E-state index in [1.54, 1.807) is 0 Å². The third kappa shape index (κ3) is 5.82. The van der Waals surface area contributed by atoms with E-state index in [0.717, 1.165) is 24.2 Å². The summed E-state index contributed by atoms with van der Waals surface area (Å²) in [5.74, 6) is 1.30. The second-order valence-electron chi connectivity index (χ2n) is 6.97. The monoisotopic (exact) mass is 333 g/mol. The summed E-state index contributed by atoms with van der Waals surface area (Å²) in [5, 5.41) is 3.17. The van der Waals surface area contributed by atoms with Crippen molar-refractivity contribution in [1.29, 1.82) is 0 Å². The molecule has 1 aromatic carbocycles. The lowest BCUT2D eigenvalue weighted by atomic mass is 9.95. The Labute approximate surface area is 145 Å². The van der Waals surface area contributed by atoms with E-state index in [1.807, 2.05) is 25.1 Å². The Balaban J connectivity index is 2.04. The fourth-order valence-corrected chi connectivity index (χ4v) is 3.05. The SMILES string of the molecule is CCOc1ccc(C(=O)NC2CCCCC2)cc1COCC(C)C. The van der Waals surface area contributed by atoms with E-state index in [1.165, 1.54) is 19.3 Å². The molecule has 2 rings (SSSR count). The zero-order valence-corrected chi connectivity index (χ0v) is 15.3. The third-order valence-electron chi connectivity index (χ3n) is 4.27. The largest absolute Gasteiger partial charge is 0.494 e. The van der Waals surface area contributed by atoms with Gasteiger partial charge >= 0.3 is 0 Å². The topological polar surface area (TPSA) is 47.6 Å². The molecule has 0 aliphatic heterocycles. The summed E-state index contributed by atoms with van der Waals surface area (Å²) in [6, 6.07) is 5.95. The predicted octanol–water partition coefficient (Wildman–Crippen LogP) is 4.32. The van der Waals surface area contributed by atoms with Crippen molar-refractivity contribution < 1.29 is 14.3 Å². The minimum atomic E-state index is 0.00931. The van der Waals surface area contributed by atoms with Gasteiger partial charge in [0.15, 0.2) is 0 Å². The van der Waals surface area contributed by atoms with Gasteiger partial charge in [0.05, 0.1) is 13.2 Å². The van der Waals surface area contributed by atoms with Crippen LogP contribution in [0.25, 0.3) is 0 Å². The number of benzene rings is 1. The molecule has 0 atom stereocenters. The van der Waals surface area contributed by atoms with Crippen LogP contribution in [-0.2, 0) is 11.3 Å². The van der Waals surface area contributed by atoms with Crippen molar-refractivity contribution in [2.75, 3.05) is 13.2 Å². The number of carbonyl (C=O) groups excluding carboxylic acids is 1. The van der Waals surface area contributed by atoms with Crippen molar-refractivity contribution in [2.45, 2.75) is 65.5 Å². The molecule has 4 nitrogen and oxygen atoms in total. The van der Waals surface area contributed by atoms with Gasteiger partial charge in [-0.15, -0.1) is 0 Å². The number of ether oxygens (including phenoxy) is 2. The Kier molecular flexibility index (Phi) is 7.57. The summed E-state index contributed by atoms with van der Waals surface area (Å²) in [7, 11) is 0.